The minimum absolute atomic E-state index is 0.202. The van der Waals surface area contributed by atoms with Gasteiger partial charge in [-0.05, 0) is 5.41 Å². The van der Waals surface area contributed by atoms with Crippen molar-refractivity contribution in [1.82, 2.24) is 9.78 Å². The van der Waals surface area contributed by atoms with Crippen molar-refractivity contribution in [2.45, 2.75) is 31.2 Å². The van der Waals surface area contributed by atoms with Gasteiger partial charge in [0, 0.05) is 18.9 Å². The van der Waals surface area contributed by atoms with Crippen LogP contribution in [0.3, 0.4) is 0 Å². The second-order valence-electron chi connectivity index (χ2n) is 4.51. The normalized spacial score (nSPS) is 13.2. The van der Waals surface area contributed by atoms with Gasteiger partial charge in [0.15, 0.2) is 14.9 Å². The van der Waals surface area contributed by atoms with Gasteiger partial charge in [0.05, 0.1) is 6.20 Å². The average Bonchev–Trinajstić information content (AvgIpc) is 2.27. The Morgan fingerprint density at radius 3 is 2.14 bits per heavy atom. The molecule has 0 radical (unpaired) electrons. The lowest BCUT2D eigenvalue weighted by molar-refractivity contribution is 0.545. The molecular formula is C9H16N2O2S. The molecule has 14 heavy (non-hydrogen) atoms. The second kappa shape index (κ2) is 3.08. The van der Waals surface area contributed by atoms with Crippen molar-refractivity contribution in [2.75, 3.05) is 6.26 Å². The summed E-state index contributed by atoms with van der Waals surface area (Å²) in [5.74, 6) is 0. The van der Waals surface area contributed by atoms with Crippen molar-refractivity contribution in [2.24, 2.45) is 7.05 Å². The number of aromatic nitrogens is 2. The Morgan fingerprint density at radius 2 is 1.86 bits per heavy atom. The van der Waals surface area contributed by atoms with Crippen LogP contribution in [0.2, 0.25) is 0 Å². The predicted molar refractivity (Wildman–Crippen MR) is 55.0 cm³/mol. The number of nitrogens with zero attached hydrogens (tertiary/aromatic N) is 2. The Labute approximate surface area is 84.9 Å². The largest absolute Gasteiger partial charge is 0.257 e. The van der Waals surface area contributed by atoms with Crippen molar-refractivity contribution in [1.29, 1.82) is 0 Å². The van der Waals surface area contributed by atoms with Crippen LogP contribution >= 0.6 is 0 Å². The number of hydrogen-bond donors (Lipinski definition) is 0. The number of hydrogen-bond acceptors (Lipinski definition) is 3. The Kier molecular flexibility index (Phi) is 2.48. The summed E-state index contributed by atoms with van der Waals surface area (Å²) >= 11 is 0. The van der Waals surface area contributed by atoms with E-state index in [1.807, 2.05) is 20.8 Å². The molecule has 1 aromatic rings. The van der Waals surface area contributed by atoms with Crippen molar-refractivity contribution >= 4 is 9.84 Å². The van der Waals surface area contributed by atoms with E-state index in [1.165, 1.54) is 10.9 Å². The van der Waals surface area contributed by atoms with Gasteiger partial charge in [-0.25, -0.2) is 8.42 Å². The lowest BCUT2D eigenvalue weighted by Crippen LogP contribution is -2.16. The summed E-state index contributed by atoms with van der Waals surface area (Å²) in [7, 11) is -1.56. The molecule has 0 unspecified atom stereocenters. The molecule has 0 aromatic carbocycles. The first-order valence-electron chi connectivity index (χ1n) is 4.36. The van der Waals surface area contributed by atoms with Gasteiger partial charge >= 0.3 is 0 Å². The first-order valence-corrected chi connectivity index (χ1v) is 6.25. The molecular weight excluding hydrogens is 200 g/mol. The van der Waals surface area contributed by atoms with Crippen LogP contribution in [-0.2, 0) is 22.3 Å². The lowest BCUT2D eigenvalue weighted by atomic mass is 9.90. The Hall–Kier alpha value is -0.840. The molecule has 0 spiro atoms. The minimum atomic E-state index is -3.20. The van der Waals surface area contributed by atoms with E-state index in [2.05, 4.69) is 5.10 Å². The number of rotatable bonds is 1. The predicted octanol–water partition coefficient (Wildman–Crippen LogP) is 1.12. The highest BCUT2D eigenvalue weighted by molar-refractivity contribution is 7.90. The Bertz CT molecular complexity index is 438. The van der Waals surface area contributed by atoms with Crippen LogP contribution in [0.25, 0.3) is 0 Å². The zero-order valence-corrected chi connectivity index (χ0v) is 10.0. The SMILES string of the molecule is Cn1ncc(C(C)(C)C)c1S(C)(=O)=O. The molecule has 0 aliphatic rings. The maximum absolute atomic E-state index is 11.5. The molecule has 80 valence electrons. The van der Waals surface area contributed by atoms with Crippen LogP contribution in [0.15, 0.2) is 11.2 Å². The van der Waals surface area contributed by atoms with Gasteiger partial charge in [-0.3, -0.25) is 4.68 Å². The summed E-state index contributed by atoms with van der Waals surface area (Å²) < 4.78 is 24.5. The van der Waals surface area contributed by atoms with Gasteiger partial charge in [-0.2, -0.15) is 5.10 Å². The number of sulfone groups is 1. The third-order valence-corrected chi connectivity index (χ3v) is 3.23. The highest BCUT2D eigenvalue weighted by Gasteiger charge is 2.26. The zero-order chi connectivity index (χ0) is 11.1. The maximum atomic E-state index is 11.5. The summed E-state index contributed by atoms with van der Waals surface area (Å²) in [6, 6.07) is 0. The molecule has 0 aliphatic heterocycles. The van der Waals surface area contributed by atoms with Crippen molar-refractivity contribution in [3.05, 3.63) is 11.8 Å². The Morgan fingerprint density at radius 1 is 1.36 bits per heavy atom. The highest BCUT2D eigenvalue weighted by atomic mass is 32.2. The topological polar surface area (TPSA) is 52.0 Å². The summed E-state index contributed by atoms with van der Waals surface area (Å²) in [5, 5.41) is 4.30. The van der Waals surface area contributed by atoms with E-state index in [9.17, 15) is 8.42 Å². The molecule has 0 bridgehead atoms. The fourth-order valence-electron chi connectivity index (χ4n) is 1.38. The van der Waals surface area contributed by atoms with Gasteiger partial charge in [0.25, 0.3) is 0 Å². The molecule has 0 amide bonds. The molecule has 0 fully saturated rings. The minimum Gasteiger partial charge on any atom is -0.257 e. The van der Waals surface area contributed by atoms with Crippen LogP contribution in [0.1, 0.15) is 26.3 Å². The molecule has 0 atom stereocenters. The van der Waals surface area contributed by atoms with E-state index >= 15 is 0 Å². The van der Waals surface area contributed by atoms with Crippen LogP contribution in [0.4, 0.5) is 0 Å². The molecule has 1 rings (SSSR count). The van der Waals surface area contributed by atoms with Crippen molar-refractivity contribution < 1.29 is 8.42 Å². The van der Waals surface area contributed by atoms with Gasteiger partial charge in [0.1, 0.15) is 0 Å². The van der Waals surface area contributed by atoms with Crippen LogP contribution in [0, 0.1) is 0 Å². The van der Waals surface area contributed by atoms with Crippen LogP contribution in [-0.4, -0.2) is 24.5 Å². The van der Waals surface area contributed by atoms with E-state index in [1.54, 1.807) is 13.2 Å². The van der Waals surface area contributed by atoms with E-state index in [-0.39, 0.29) is 5.41 Å². The first kappa shape index (κ1) is 11.2. The lowest BCUT2D eigenvalue weighted by Gasteiger charge is -2.18. The molecule has 0 aliphatic carbocycles. The molecule has 0 N–H and O–H groups in total. The first-order chi connectivity index (χ1) is 6.14. The maximum Gasteiger partial charge on any atom is 0.192 e. The van der Waals surface area contributed by atoms with E-state index in [4.69, 9.17) is 0 Å². The molecule has 1 aromatic heterocycles. The third kappa shape index (κ3) is 1.97. The van der Waals surface area contributed by atoms with E-state index in [0.29, 0.717) is 5.03 Å². The fourth-order valence-corrected chi connectivity index (χ4v) is 2.67. The monoisotopic (exact) mass is 216 g/mol. The van der Waals surface area contributed by atoms with E-state index < -0.39 is 9.84 Å². The quantitative estimate of drug-likeness (QED) is 0.707. The third-order valence-electron chi connectivity index (χ3n) is 2.04. The second-order valence-corrected chi connectivity index (χ2v) is 6.44. The van der Waals surface area contributed by atoms with Crippen LogP contribution < -0.4 is 0 Å². The standard InChI is InChI=1S/C9H16N2O2S/c1-9(2,3)7-6-10-11(4)8(7)14(5,12)13/h6H,1-5H3. The highest BCUT2D eigenvalue weighted by Crippen LogP contribution is 2.27. The molecule has 0 saturated carbocycles. The Balaban J connectivity index is 3.51. The number of aryl methyl sites for hydroxylation is 1. The summed E-state index contributed by atoms with van der Waals surface area (Å²) in [4.78, 5) is 0. The zero-order valence-electron chi connectivity index (χ0n) is 9.20. The van der Waals surface area contributed by atoms with Gasteiger partial charge in [-0.15, -0.1) is 0 Å². The summed E-state index contributed by atoms with van der Waals surface area (Å²) in [6.45, 7) is 5.91. The fraction of sp³-hybridized carbons (Fsp3) is 0.667. The van der Waals surface area contributed by atoms with Gasteiger partial charge < -0.3 is 0 Å². The summed E-state index contributed by atoms with van der Waals surface area (Å²) in [6.07, 6.45) is 2.83. The molecule has 4 nitrogen and oxygen atoms in total. The van der Waals surface area contributed by atoms with Crippen molar-refractivity contribution in [3.8, 4) is 0 Å². The van der Waals surface area contributed by atoms with Crippen molar-refractivity contribution in [3.63, 3.8) is 0 Å². The van der Waals surface area contributed by atoms with Crippen LogP contribution in [0.5, 0.6) is 0 Å². The average molecular weight is 216 g/mol. The van der Waals surface area contributed by atoms with E-state index in [0.717, 1.165) is 5.56 Å². The summed E-state index contributed by atoms with van der Waals surface area (Å²) in [5.41, 5.74) is 0.564. The molecule has 0 saturated heterocycles. The molecule has 5 heteroatoms. The van der Waals surface area contributed by atoms with Gasteiger partial charge in [0.2, 0.25) is 0 Å². The smallest absolute Gasteiger partial charge is 0.192 e. The molecule has 1 heterocycles. The van der Waals surface area contributed by atoms with Gasteiger partial charge in [-0.1, -0.05) is 20.8 Å².